The third kappa shape index (κ3) is 4.76. The number of hydrogen-bond donors (Lipinski definition) is 0. The van der Waals surface area contributed by atoms with Crippen LogP contribution in [0.1, 0.15) is 22.3 Å². The van der Waals surface area contributed by atoms with Crippen molar-refractivity contribution in [2.45, 2.75) is 5.41 Å². The molecule has 3 heterocycles. The zero-order valence-electron chi connectivity index (χ0n) is 30.6. The lowest BCUT2D eigenvalue weighted by molar-refractivity contribution is 0.669. The average molecular weight is 746 g/mol. The smallest absolute Gasteiger partial charge is 0.167 e. The maximum absolute atomic E-state index is 6.46. The summed E-state index contributed by atoms with van der Waals surface area (Å²) < 4.78 is 9.05. The van der Waals surface area contributed by atoms with Crippen LogP contribution in [0.25, 0.3) is 87.4 Å². The van der Waals surface area contributed by atoms with Crippen molar-refractivity contribution < 1.29 is 4.42 Å². The van der Waals surface area contributed by atoms with E-state index in [0.717, 1.165) is 38.6 Å². The predicted octanol–water partition coefficient (Wildman–Crippen LogP) is 13.5. The molecule has 0 bridgehead atoms. The summed E-state index contributed by atoms with van der Waals surface area (Å²) in [7, 11) is 0. The molecule has 12 rings (SSSR count). The van der Waals surface area contributed by atoms with Crippen LogP contribution in [0.15, 0.2) is 192 Å². The first kappa shape index (κ1) is 32.1. The standard InChI is InChI=1S/C52H31N3OS/c1-2-13-32(14-3-1)49-53-50(55-51(54-49)42-20-12-19-41-38-17-6-10-23-45(38)56-48(41)42)33-25-27-34(28-26-33)52(43-21-8-4-15-36(43)37-16-5-9-22-44(37)52)35-29-30-40-39-18-7-11-24-46(39)57-47(40)31-35/h1-31H. The van der Waals surface area contributed by atoms with Crippen LogP contribution in [0.5, 0.6) is 0 Å². The molecule has 1 aliphatic carbocycles. The summed E-state index contributed by atoms with van der Waals surface area (Å²) in [6.07, 6.45) is 0. The van der Waals surface area contributed by atoms with E-state index in [-0.39, 0.29) is 0 Å². The number of para-hydroxylation sites is 2. The molecule has 0 aliphatic heterocycles. The lowest BCUT2D eigenvalue weighted by atomic mass is 9.67. The molecule has 0 saturated heterocycles. The molecule has 57 heavy (non-hydrogen) atoms. The lowest BCUT2D eigenvalue weighted by Gasteiger charge is -2.34. The molecule has 0 atom stereocenters. The number of fused-ring (bicyclic) bond motifs is 9. The van der Waals surface area contributed by atoms with Gasteiger partial charge in [-0.2, -0.15) is 0 Å². The van der Waals surface area contributed by atoms with Crippen LogP contribution in [-0.2, 0) is 5.41 Å². The van der Waals surface area contributed by atoms with Gasteiger partial charge in [-0.15, -0.1) is 11.3 Å². The van der Waals surface area contributed by atoms with Crippen molar-refractivity contribution in [2.75, 3.05) is 0 Å². The first-order chi connectivity index (χ1) is 28.2. The van der Waals surface area contributed by atoms with E-state index in [4.69, 9.17) is 19.4 Å². The molecule has 0 saturated carbocycles. The second-order valence-corrected chi connectivity index (χ2v) is 15.8. The van der Waals surface area contributed by atoms with Gasteiger partial charge in [0.2, 0.25) is 0 Å². The molecule has 0 N–H and O–H groups in total. The van der Waals surface area contributed by atoms with Gasteiger partial charge in [-0.3, -0.25) is 0 Å². The van der Waals surface area contributed by atoms with Gasteiger partial charge in [-0.25, -0.2) is 15.0 Å². The molecule has 4 nitrogen and oxygen atoms in total. The van der Waals surface area contributed by atoms with Gasteiger partial charge in [-0.05, 0) is 57.6 Å². The van der Waals surface area contributed by atoms with Gasteiger partial charge >= 0.3 is 0 Å². The van der Waals surface area contributed by atoms with Crippen LogP contribution in [0, 0.1) is 0 Å². The summed E-state index contributed by atoms with van der Waals surface area (Å²) >= 11 is 1.86. The van der Waals surface area contributed by atoms with E-state index in [0.29, 0.717) is 17.5 Å². The molecular formula is C52H31N3OS. The minimum Gasteiger partial charge on any atom is -0.455 e. The van der Waals surface area contributed by atoms with Crippen molar-refractivity contribution in [1.29, 1.82) is 0 Å². The van der Waals surface area contributed by atoms with E-state index in [2.05, 4.69) is 127 Å². The molecule has 0 unspecified atom stereocenters. The number of rotatable bonds is 5. The fourth-order valence-electron chi connectivity index (χ4n) is 9.12. The number of hydrogen-bond acceptors (Lipinski definition) is 5. The van der Waals surface area contributed by atoms with Crippen LogP contribution in [0.2, 0.25) is 0 Å². The lowest BCUT2D eigenvalue weighted by Crippen LogP contribution is -2.28. The Kier molecular flexibility index (Phi) is 6.98. The molecule has 3 aromatic heterocycles. The molecule has 0 radical (unpaired) electrons. The zero-order chi connectivity index (χ0) is 37.5. The van der Waals surface area contributed by atoms with Crippen LogP contribution >= 0.6 is 11.3 Å². The number of thiophene rings is 1. The van der Waals surface area contributed by atoms with Crippen LogP contribution in [0.4, 0.5) is 0 Å². The topological polar surface area (TPSA) is 51.8 Å². The van der Waals surface area contributed by atoms with E-state index in [1.165, 1.54) is 53.6 Å². The normalized spacial score (nSPS) is 13.1. The minimum atomic E-state index is -0.535. The molecule has 0 amide bonds. The highest BCUT2D eigenvalue weighted by Gasteiger charge is 2.46. The summed E-state index contributed by atoms with van der Waals surface area (Å²) in [5, 5.41) is 4.70. The Hall–Kier alpha value is -7.21. The summed E-state index contributed by atoms with van der Waals surface area (Å²) in [5.74, 6) is 1.78. The van der Waals surface area contributed by atoms with Gasteiger partial charge in [0.1, 0.15) is 11.2 Å². The van der Waals surface area contributed by atoms with Crippen molar-refractivity contribution in [3.05, 3.63) is 210 Å². The Morgan fingerprint density at radius 2 is 0.947 bits per heavy atom. The SMILES string of the molecule is c1ccc(-c2nc(-c3ccc(C4(c5ccc6c(c5)sc5ccccc56)c5ccccc5-c5ccccc54)cc3)nc(-c3cccc4c3oc3ccccc34)n2)cc1. The number of benzene rings is 8. The fraction of sp³-hybridized carbons (Fsp3) is 0.0192. The maximum Gasteiger partial charge on any atom is 0.167 e. The highest BCUT2D eigenvalue weighted by atomic mass is 32.1. The summed E-state index contributed by atoms with van der Waals surface area (Å²) in [4.78, 5) is 15.3. The van der Waals surface area contributed by atoms with Gasteiger partial charge in [0.15, 0.2) is 17.5 Å². The molecular weight excluding hydrogens is 715 g/mol. The van der Waals surface area contributed by atoms with E-state index in [1.54, 1.807) is 0 Å². The van der Waals surface area contributed by atoms with Gasteiger partial charge in [-0.1, -0.05) is 164 Å². The van der Waals surface area contributed by atoms with Crippen molar-refractivity contribution in [3.63, 3.8) is 0 Å². The van der Waals surface area contributed by atoms with Crippen LogP contribution in [0.3, 0.4) is 0 Å². The molecule has 11 aromatic rings. The Bertz CT molecular complexity index is 3320. The average Bonchev–Trinajstić information content (AvgIpc) is 3.95. The molecule has 0 spiro atoms. The third-order valence-corrected chi connectivity index (χ3v) is 12.8. The molecule has 0 fully saturated rings. The predicted molar refractivity (Wildman–Crippen MR) is 234 cm³/mol. The summed E-state index contributed by atoms with van der Waals surface area (Å²) in [6, 6.07) is 66.9. The zero-order valence-corrected chi connectivity index (χ0v) is 31.4. The van der Waals surface area contributed by atoms with E-state index < -0.39 is 5.41 Å². The van der Waals surface area contributed by atoms with Crippen molar-refractivity contribution >= 4 is 53.4 Å². The molecule has 266 valence electrons. The van der Waals surface area contributed by atoms with Gasteiger partial charge in [0, 0.05) is 42.1 Å². The maximum atomic E-state index is 6.46. The Morgan fingerprint density at radius 1 is 0.386 bits per heavy atom. The van der Waals surface area contributed by atoms with E-state index in [1.807, 2.05) is 72.0 Å². The minimum absolute atomic E-state index is 0.535. The Balaban J connectivity index is 1.06. The fourth-order valence-corrected chi connectivity index (χ4v) is 10.3. The monoisotopic (exact) mass is 745 g/mol. The van der Waals surface area contributed by atoms with Crippen LogP contribution < -0.4 is 0 Å². The number of nitrogens with zero attached hydrogens (tertiary/aromatic N) is 3. The quantitative estimate of drug-likeness (QED) is 0.176. The van der Waals surface area contributed by atoms with E-state index >= 15 is 0 Å². The first-order valence-electron chi connectivity index (χ1n) is 19.2. The van der Waals surface area contributed by atoms with Crippen molar-refractivity contribution in [1.82, 2.24) is 15.0 Å². The number of aromatic nitrogens is 3. The summed E-state index contributed by atoms with van der Waals surface area (Å²) in [6.45, 7) is 0. The Labute approximate surface area is 332 Å². The molecule has 1 aliphatic rings. The van der Waals surface area contributed by atoms with Crippen molar-refractivity contribution in [2.24, 2.45) is 0 Å². The largest absolute Gasteiger partial charge is 0.455 e. The molecule has 5 heteroatoms. The number of furan rings is 1. The van der Waals surface area contributed by atoms with Crippen LogP contribution in [-0.4, -0.2) is 15.0 Å². The summed E-state index contributed by atoms with van der Waals surface area (Å²) in [5.41, 5.74) is 11.3. The van der Waals surface area contributed by atoms with Crippen molar-refractivity contribution in [3.8, 4) is 45.3 Å². The van der Waals surface area contributed by atoms with E-state index in [9.17, 15) is 0 Å². The highest BCUT2D eigenvalue weighted by molar-refractivity contribution is 7.25. The first-order valence-corrected chi connectivity index (χ1v) is 20.0. The van der Waals surface area contributed by atoms with Gasteiger partial charge < -0.3 is 4.42 Å². The molecule has 8 aromatic carbocycles. The second-order valence-electron chi connectivity index (χ2n) is 14.7. The Morgan fingerprint density at radius 3 is 1.72 bits per heavy atom. The third-order valence-electron chi connectivity index (χ3n) is 11.7. The highest BCUT2D eigenvalue weighted by Crippen LogP contribution is 2.56. The van der Waals surface area contributed by atoms with Gasteiger partial charge in [0.25, 0.3) is 0 Å². The van der Waals surface area contributed by atoms with Gasteiger partial charge in [0.05, 0.1) is 11.0 Å². The second kappa shape index (κ2) is 12.4.